The minimum absolute atomic E-state index is 0.746. The van der Waals surface area contributed by atoms with E-state index in [0.29, 0.717) is 0 Å². The van der Waals surface area contributed by atoms with Crippen molar-refractivity contribution >= 4 is 0 Å². The topological polar surface area (TPSA) is 12.0 Å². The Morgan fingerprint density at radius 2 is 1.83 bits per heavy atom. The highest BCUT2D eigenvalue weighted by molar-refractivity contribution is 5.23. The van der Waals surface area contributed by atoms with Crippen LogP contribution in [-0.4, -0.2) is 12.6 Å². The molecule has 0 aromatic heterocycles. The summed E-state index contributed by atoms with van der Waals surface area (Å²) in [5, 5.41) is 3.76. The van der Waals surface area contributed by atoms with Gasteiger partial charge in [0.05, 0.1) is 0 Å². The lowest BCUT2D eigenvalue weighted by atomic mass is 9.95. The van der Waals surface area contributed by atoms with E-state index >= 15 is 0 Å². The molecule has 1 nitrogen and oxygen atoms in total. The van der Waals surface area contributed by atoms with Crippen LogP contribution in [0.15, 0.2) is 11.1 Å². The maximum absolute atomic E-state index is 3.76. The van der Waals surface area contributed by atoms with E-state index in [1.54, 1.807) is 11.1 Å². The Kier molecular flexibility index (Phi) is 7.65. The molecule has 2 atom stereocenters. The molecule has 1 aliphatic carbocycles. The van der Waals surface area contributed by atoms with Crippen molar-refractivity contribution in [2.24, 2.45) is 5.92 Å². The molecular formula is C17H33N. The van der Waals surface area contributed by atoms with Crippen LogP contribution in [0.4, 0.5) is 0 Å². The Morgan fingerprint density at radius 3 is 2.44 bits per heavy atom. The second-order valence-corrected chi connectivity index (χ2v) is 6.04. The molecule has 18 heavy (non-hydrogen) atoms. The lowest BCUT2D eigenvalue weighted by Gasteiger charge is -2.14. The van der Waals surface area contributed by atoms with E-state index in [1.807, 2.05) is 0 Å². The van der Waals surface area contributed by atoms with Crippen molar-refractivity contribution in [3.05, 3.63) is 11.1 Å². The summed E-state index contributed by atoms with van der Waals surface area (Å²) >= 11 is 0. The third-order valence-corrected chi connectivity index (χ3v) is 4.42. The van der Waals surface area contributed by atoms with Crippen LogP contribution in [0, 0.1) is 5.92 Å². The van der Waals surface area contributed by atoms with Crippen LogP contribution in [0.5, 0.6) is 0 Å². The Bertz CT molecular complexity index is 254. The fourth-order valence-electron chi connectivity index (χ4n) is 2.97. The van der Waals surface area contributed by atoms with Gasteiger partial charge in [-0.3, -0.25) is 0 Å². The zero-order valence-electron chi connectivity index (χ0n) is 13.0. The van der Waals surface area contributed by atoms with Crippen LogP contribution in [0.3, 0.4) is 0 Å². The maximum Gasteiger partial charge on any atom is 0.0142 e. The summed E-state index contributed by atoms with van der Waals surface area (Å²) in [5.41, 5.74) is 3.53. The van der Waals surface area contributed by atoms with Crippen molar-refractivity contribution in [3.63, 3.8) is 0 Å². The van der Waals surface area contributed by atoms with Gasteiger partial charge in [-0.1, -0.05) is 58.1 Å². The van der Waals surface area contributed by atoms with E-state index in [9.17, 15) is 0 Å². The monoisotopic (exact) mass is 251 g/mol. The van der Waals surface area contributed by atoms with Gasteiger partial charge in [0.1, 0.15) is 0 Å². The first-order valence-corrected chi connectivity index (χ1v) is 8.14. The van der Waals surface area contributed by atoms with Crippen molar-refractivity contribution in [2.75, 3.05) is 6.54 Å². The van der Waals surface area contributed by atoms with Gasteiger partial charge in [-0.05, 0) is 44.6 Å². The largest absolute Gasteiger partial charge is 0.313 e. The van der Waals surface area contributed by atoms with Gasteiger partial charge >= 0.3 is 0 Å². The van der Waals surface area contributed by atoms with Gasteiger partial charge in [0.25, 0.3) is 0 Å². The molecule has 1 aliphatic rings. The molecule has 0 radical (unpaired) electrons. The maximum atomic E-state index is 3.76. The number of rotatable bonds is 9. The molecule has 0 amide bonds. The summed E-state index contributed by atoms with van der Waals surface area (Å²) in [4.78, 5) is 0. The normalized spacial score (nSPS) is 21.7. The Hall–Kier alpha value is -0.300. The van der Waals surface area contributed by atoms with Gasteiger partial charge in [0.2, 0.25) is 0 Å². The molecule has 0 aliphatic heterocycles. The molecule has 0 aromatic rings. The highest BCUT2D eigenvalue weighted by Crippen LogP contribution is 2.33. The summed E-state index contributed by atoms with van der Waals surface area (Å²) in [5.74, 6) is 0.861. The number of hydrogen-bond donors (Lipinski definition) is 1. The quantitative estimate of drug-likeness (QED) is 0.445. The fourth-order valence-corrected chi connectivity index (χ4v) is 2.97. The Balaban J connectivity index is 2.33. The second kappa shape index (κ2) is 8.74. The lowest BCUT2D eigenvalue weighted by molar-refractivity contribution is 0.495. The molecule has 0 saturated heterocycles. The Morgan fingerprint density at radius 1 is 1.11 bits per heavy atom. The molecule has 1 N–H and O–H groups in total. The lowest BCUT2D eigenvalue weighted by Crippen LogP contribution is -2.27. The van der Waals surface area contributed by atoms with E-state index in [2.05, 4.69) is 33.0 Å². The van der Waals surface area contributed by atoms with E-state index in [4.69, 9.17) is 0 Å². The number of nitrogens with one attached hydrogen (secondary N) is 1. The molecule has 0 bridgehead atoms. The van der Waals surface area contributed by atoms with Gasteiger partial charge in [0.15, 0.2) is 0 Å². The number of hydrogen-bond acceptors (Lipinski definition) is 1. The zero-order chi connectivity index (χ0) is 13.4. The van der Waals surface area contributed by atoms with Gasteiger partial charge < -0.3 is 5.32 Å². The average Bonchev–Trinajstić information content (AvgIpc) is 2.76. The molecule has 0 aromatic carbocycles. The van der Waals surface area contributed by atoms with Crippen LogP contribution in [-0.2, 0) is 0 Å². The minimum Gasteiger partial charge on any atom is -0.313 e. The fraction of sp³-hybridized carbons (Fsp3) is 0.882. The standard InChI is InChI=1S/C17H33N/c1-5-8-9-10-18-17-12-15(7-3)16(13-17)11-14(4)6-2/h14,17-18H,5-13H2,1-4H3/t14-,17?/m0/s1. The predicted molar refractivity (Wildman–Crippen MR) is 81.9 cm³/mol. The first-order valence-electron chi connectivity index (χ1n) is 8.14. The van der Waals surface area contributed by atoms with Crippen LogP contribution < -0.4 is 5.32 Å². The molecule has 0 spiro atoms. The van der Waals surface area contributed by atoms with Gasteiger partial charge in [-0.2, -0.15) is 0 Å². The highest BCUT2D eigenvalue weighted by atomic mass is 14.9. The van der Waals surface area contributed by atoms with Crippen molar-refractivity contribution < 1.29 is 0 Å². The van der Waals surface area contributed by atoms with Gasteiger partial charge in [0, 0.05) is 6.04 Å². The van der Waals surface area contributed by atoms with Crippen LogP contribution in [0.2, 0.25) is 0 Å². The summed E-state index contributed by atoms with van der Waals surface area (Å²) < 4.78 is 0. The first kappa shape index (κ1) is 15.8. The van der Waals surface area contributed by atoms with E-state index in [-0.39, 0.29) is 0 Å². The second-order valence-electron chi connectivity index (χ2n) is 6.04. The number of unbranched alkanes of at least 4 members (excludes halogenated alkanes) is 2. The predicted octanol–water partition coefficient (Wildman–Crippen LogP) is 5.07. The van der Waals surface area contributed by atoms with Crippen molar-refractivity contribution in [2.45, 2.75) is 85.1 Å². The highest BCUT2D eigenvalue weighted by Gasteiger charge is 2.23. The minimum atomic E-state index is 0.746. The van der Waals surface area contributed by atoms with Crippen LogP contribution in [0.25, 0.3) is 0 Å². The Labute approximate surface area is 114 Å². The third-order valence-electron chi connectivity index (χ3n) is 4.42. The average molecular weight is 251 g/mol. The van der Waals surface area contributed by atoms with Gasteiger partial charge in [-0.15, -0.1) is 0 Å². The molecule has 0 saturated carbocycles. The molecule has 1 heteroatoms. The van der Waals surface area contributed by atoms with Crippen molar-refractivity contribution in [3.8, 4) is 0 Å². The molecule has 106 valence electrons. The first-order chi connectivity index (χ1) is 8.71. The summed E-state index contributed by atoms with van der Waals surface area (Å²) in [6, 6.07) is 0.746. The zero-order valence-corrected chi connectivity index (χ0v) is 13.0. The molecule has 1 unspecified atom stereocenters. The smallest absolute Gasteiger partial charge is 0.0142 e. The summed E-state index contributed by atoms with van der Waals surface area (Å²) in [6.07, 6.45) is 10.6. The van der Waals surface area contributed by atoms with Gasteiger partial charge in [-0.25, -0.2) is 0 Å². The van der Waals surface area contributed by atoms with E-state index < -0.39 is 0 Å². The summed E-state index contributed by atoms with van der Waals surface area (Å²) in [7, 11) is 0. The van der Waals surface area contributed by atoms with Crippen molar-refractivity contribution in [1.82, 2.24) is 5.32 Å². The SMILES string of the molecule is CCCCCNC1CC(CC)=C(C[C@@H](C)CC)C1. The molecule has 0 heterocycles. The molecule has 1 rings (SSSR count). The molecule has 0 fully saturated rings. The van der Waals surface area contributed by atoms with E-state index in [0.717, 1.165) is 12.0 Å². The van der Waals surface area contributed by atoms with E-state index in [1.165, 1.54) is 57.9 Å². The summed E-state index contributed by atoms with van der Waals surface area (Å²) in [6.45, 7) is 10.5. The van der Waals surface area contributed by atoms with Crippen molar-refractivity contribution in [1.29, 1.82) is 0 Å². The van der Waals surface area contributed by atoms with Crippen LogP contribution in [0.1, 0.15) is 79.1 Å². The molecular weight excluding hydrogens is 218 g/mol. The van der Waals surface area contributed by atoms with Crippen LogP contribution >= 0.6 is 0 Å². The third kappa shape index (κ3) is 5.14.